The third-order valence-corrected chi connectivity index (χ3v) is 6.22. The number of nitrogens with zero attached hydrogens (tertiary/aromatic N) is 4. The Morgan fingerprint density at radius 2 is 1.81 bits per heavy atom. The molecule has 1 aliphatic rings. The maximum Gasteiger partial charge on any atom is 0.296 e. The van der Waals surface area contributed by atoms with Gasteiger partial charge in [-0.3, -0.25) is 29.3 Å². The summed E-state index contributed by atoms with van der Waals surface area (Å²) in [6.45, 7) is 1.75. The van der Waals surface area contributed by atoms with Crippen LogP contribution in [0.2, 0.25) is 0 Å². The van der Waals surface area contributed by atoms with Crippen molar-refractivity contribution in [1.29, 1.82) is 0 Å². The number of amides is 1. The molecule has 8 nitrogen and oxygen atoms in total. The minimum absolute atomic E-state index is 0.0751. The average molecular weight is 453 g/mol. The van der Waals surface area contributed by atoms with Gasteiger partial charge in [-0.2, -0.15) is 0 Å². The summed E-state index contributed by atoms with van der Waals surface area (Å²) < 4.78 is 3.39. The van der Waals surface area contributed by atoms with Gasteiger partial charge in [-0.05, 0) is 30.7 Å². The first kappa shape index (κ1) is 20.8. The first-order valence-electron chi connectivity index (χ1n) is 9.16. The summed E-state index contributed by atoms with van der Waals surface area (Å²) >= 11 is 6.47. The Bertz CT molecular complexity index is 1320. The lowest BCUT2D eigenvalue weighted by atomic mass is 10.2. The molecule has 2 aromatic carbocycles. The number of non-ortho nitro benzene ring substituents is 1. The Morgan fingerprint density at radius 3 is 2.48 bits per heavy atom. The van der Waals surface area contributed by atoms with Gasteiger partial charge in [0.1, 0.15) is 5.69 Å². The van der Waals surface area contributed by atoms with Crippen LogP contribution in [0.25, 0.3) is 11.8 Å². The predicted octanol–water partition coefficient (Wildman–Crippen LogP) is 3.80. The molecule has 4 rings (SSSR count). The van der Waals surface area contributed by atoms with Crippen LogP contribution in [0, 0.1) is 17.0 Å². The highest BCUT2D eigenvalue weighted by Crippen LogP contribution is 2.36. The van der Waals surface area contributed by atoms with Gasteiger partial charge in [0, 0.05) is 19.2 Å². The van der Waals surface area contributed by atoms with Crippen LogP contribution in [0.1, 0.15) is 11.3 Å². The average Bonchev–Trinajstić information content (AvgIpc) is 3.14. The SMILES string of the molecule is Cc1c(N2C(=O)C(=Cc3cccc([N+](=O)[O-])c3)SC2=S)c(=O)n(-c2ccccc2)n1C. The number of hydrogen-bond donors (Lipinski definition) is 0. The van der Waals surface area contributed by atoms with Gasteiger partial charge in [0.15, 0.2) is 4.32 Å². The third-order valence-electron chi connectivity index (χ3n) is 4.92. The molecule has 31 heavy (non-hydrogen) atoms. The van der Waals surface area contributed by atoms with Crippen molar-refractivity contribution in [3.8, 4) is 5.69 Å². The number of anilines is 1. The first-order chi connectivity index (χ1) is 14.8. The van der Waals surface area contributed by atoms with Crippen molar-refractivity contribution in [2.24, 2.45) is 7.05 Å². The van der Waals surface area contributed by atoms with E-state index >= 15 is 0 Å². The number of thioether (sulfide) groups is 1. The van der Waals surface area contributed by atoms with Crippen molar-refractivity contribution in [2.45, 2.75) is 6.92 Å². The van der Waals surface area contributed by atoms with E-state index in [2.05, 4.69) is 0 Å². The molecule has 1 saturated heterocycles. The van der Waals surface area contributed by atoms with E-state index in [0.717, 1.165) is 11.8 Å². The number of benzene rings is 2. The Labute approximate surface area is 186 Å². The molecular weight excluding hydrogens is 436 g/mol. The molecule has 0 atom stereocenters. The van der Waals surface area contributed by atoms with E-state index in [1.54, 1.807) is 49.0 Å². The number of para-hydroxylation sites is 1. The van der Waals surface area contributed by atoms with Crippen molar-refractivity contribution in [1.82, 2.24) is 9.36 Å². The second kappa shape index (κ2) is 7.97. The third kappa shape index (κ3) is 3.60. The predicted molar refractivity (Wildman–Crippen MR) is 124 cm³/mol. The molecule has 1 fully saturated rings. The molecule has 3 aromatic rings. The van der Waals surface area contributed by atoms with E-state index in [0.29, 0.717) is 21.8 Å². The number of nitro benzene ring substituents is 1. The van der Waals surface area contributed by atoms with Crippen LogP contribution < -0.4 is 10.5 Å². The molecule has 0 bridgehead atoms. The lowest BCUT2D eigenvalue weighted by Gasteiger charge is -2.12. The monoisotopic (exact) mass is 452 g/mol. The molecule has 156 valence electrons. The standard InChI is InChI=1S/C21H16N4O4S2/c1-13-18(20(27)24(22(13)2)15-8-4-3-5-9-15)23-19(26)17(31-21(23)30)12-14-7-6-10-16(11-14)25(28)29/h3-12H,1-2H3. The Kier molecular flexibility index (Phi) is 5.34. The zero-order chi connectivity index (χ0) is 22.3. The molecule has 0 spiro atoms. The second-order valence-electron chi connectivity index (χ2n) is 6.78. The summed E-state index contributed by atoms with van der Waals surface area (Å²) in [4.78, 5) is 38.5. The van der Waals surface area contributed by atoms with E-state index < -0.39 is 10.8 Å². The van der Waals surface area contributed by atoms with Gasteiger partial charge in [-0.1, -0.05) is 54.3 Å². The van der Waals surface area contributed by atoms with Crippen molar-refractivity contribution in [3.63, 3.8) is 0 Å². The molecule has 0 N–H and O–H groups in total. The quantitative estimate of drug-likeness (QED) is 0.259. The van der Waals surface area contributed by atoms with E-state index in [-0.39, 0.29) is 21.3 Å². The zero-order valence-electron chi connectivity index (χ0n) is 16.5. The maximum absolute atomic E-state index is 13.3. The molecule has 0 saturated carbocycles. The largest absolute Gasteiger partial charge is 0.296 e. The number of hydrogen-bond acceptors (Lipinski definition) is 6. The van der Waals surface area contributed by atoms with Crippen molar-refractivity contribution >= 4 is 51.7 Å². The number of carbonyl (C=O) groups is 1. The number of carbonyl (C=O) groups excluding carboxylic acids is 1. The fraction of sp³-hybridized carbons (Fsp3) is 0.0952. The van der Waals surface area contributed by atoms with Gasteiger partial charge in [-0.25, -0.2) is 4.68 Å². The zero-order valence-corrected chi connectivity index (χ0v) is 18.1. The highest BCUT2D eigenvalue weighted by molar-refractivity contribution is 8.27. The number of rotatable bonds is 4. The number of nitro groups is 1. The smallest absolute Gasteiger partial charge is 0.283 e. The van der Waals surface area contributed by atoms with Crippen molar-refractivity contribution in [3.05, 3.63) is 91.2 Å². The van der Waals surface area contributed by atoms with Gasteiger partial charge >= 0.3 is 0 Å². The van der Waals surface area contributed by atoms with Crippen LogP contribution in [0.3, 0.4) is 0 Å². The summed E-state index contributed by atoms with van der Waals surface area (Å²) in [5, 5.41) is 11.0. The molecule has 2 heterocycles. The molecule has 1 aromatic heterocycles. The van der Waals surface area contributed by atoms with Gasteiger partial charge in [0.2, 0.25) is 0 Å². The first-order valence-corrected chi connectivity index (χ1v) is 10.4. The summed E-state index contributed by atoms with van der Waals surface area (Å²) in [5.74, 6) is -0.437. The lowest BCUT2D eigenvalue weighted by molar-refractivity contribution is -0.384. The molecular formula is C21H16N4O4S2. The molecule has 10 heteroatoms. The van der Waals surface area contributed by atoms with Crippen LogP contribution in [0.15, 0.2) is 64.3 Å². The van der Waals surface area contributed by atoms with Crippen molar-refractivity contribution < 1.29 is 9.72 Å². The van der Waals surface area contributed by atoms with E-state index in [4.69, 9.17) is 12.2 Å². The van der Waals surface area contributed by atoms with Crippen LogP contribution >= 0.6 is 24.0 Å². The minimum atomic E-state index is -0.498. The fourth-order valence-electron chi connectivity index (χ4n) is 3.35. The van der Waals surface area contributed by atoms with Crippen LogP contribution in [-0.4, -0.2) is 24.5 Å². The Morgan fingerprint density at radius 1 is 1.10 bits per heavy atom. The normalized spacial score (nSPS) is 15.2. The molecule has 0 aliphatic carbocycles. The van der Waals surface area contributed by atoms with Gasteiger partial charge in [0.05, 0.1) is 21.2 Å². The lowest BCUT2D eigenvalue weighted by Crippen LogP contribution is -2.33. The summed E-state index contributed by atoms with van der Waals surface area (Å²) in [5.41, 5.74) is 1.51. The highest BCUT2D eigenvalue weighted by atomic mass is 32.2. The van der Waals surface area contributed by atoms with E-state index in [9.17, 15) is 19.7 Å². The number of thiocarbonyl (C=S) groups is 1. The van der Waals surface area contributed by atoms with Crippen LogP contribution in [0.5, 0.6) is 0 Å². The minimum Gasteiger partial charge on any atom is -0.283 e. The number of aromatic nitrogens is 2. The summed E-state index contributed by atoms with van der Waals surface area (Å²) in [6, 6.07) is 15.1. The molecule has 0 unspecified atom stereocenters. The van der Waals surface area contributed by atoms with Crippen LogP contribution in [-0.2, 0) is 11.8 Å². The van der Waals surface area contributed by atoms with E-state index in [1.807, 2.05) is 18.2 Å². The van der Waals surface area contributed by atoms with Gasteiger partial charge in [0.25, 0.3) is 17.2 Å². The second-order valence-corrected chi connectivity index (χ2v) is 8.46. The van der Waals surface area contributed by atoms with Gasteiger partial charge < -0.3 is 0 Å². The Balaban J connectivity index is 1.77. The molecule has 1 aliphatic heterocycles. The maximum atomic E-state index is 13.3. The highest BCUT2D eigenvalue weighted by Gasteiger charge is 2.37. The molecule has 1 amide bonds. The van der Waals surface area contributed by atoms with E-state index in [1.165, 1.54) is 21.7 Å². The summed E-state index contributed by atoms with van der Waals surface area (Å²) in [7, 11) is 1.74. The van der Waals surface area contributed by atoms with Crippen LogP contribution in [0.4, 0.5) is 11.4 Å². The van der Waals surface area contributed by atoms with Crippen molar-refractivity contribution in [2.75, 3.05) is 4.90 Å². The Hall–Kier alpha value is -3.50. The van der Waals surface area contributed by atoms with Gasteiger partial charge in [-0.15, -0.1) is 0 Å². The fourth-order valence-corrected chi connectivity index (χ4v) is 4.62. The molecule has 0 radical (unpaired) electrons. The topological polar surface area (TPSA) is 90.4 Å². The summed E-state index contributed by atoms with van der Waals surface area (Å²) in [6.07, 6.45) is 1.54.